The first-order valence-corrected chi connectivity index (χ1v) is 5.63. The molecule has 0 aliphatic heterocycles. The minimum absolute atomic E-state index is 0.598. The van der Waals surface area contributed by atoms with E-state index in [1.807, 2.05) is 19.1 Å². The van der Waals surface area contributed by atoms with Gasteiger partial charge in [-0.25, -0.2) is 0 Å². The molecule has 15 heavy (non-hydrogen) atoms. The molecule has 0 unspecified atom stereocenters. The Balaban J connectivity index is 2.39. The van der Waals surface area contributed by atoms with Crippen LogP contribution in [0.25, 0.3) is 0 Å². The topological polar surface area (TPSA) is 35.2 Å². The fourth-order valence-electron chi connectivity index (χ4n) is 1.39. The molecule has 1 aromatic carbocycles. The normalized spacial score (nSPS) is 9.93. The van der Waals surface area contributed by atoms with Crippen LogP contribution >= 0.6 is 12.2 Å². The SMILES string of the molecule is CCOc1ccc(CCCC(N)=S)cc1. The Morgan fingerprint density at radius 1 is 1.33 bits per heavy atom. The van der Waals surface area contributed by atoms with Gasteiger partial charge in [-0.2, -0.15) is 0 Å². The summed E-state index contributed by atoms with van der Waals surface area (Å²) in [7, 11) is 0. The molecule has 0 spiro atoms. The molecule has 0 saturated heterocycles. The van der Waals surface area contributed by atoms with E-state index >= 15 is 0 Å². The molecular formula is C12H17NOS. The summed E-state index contributed by atoms with van der Waals surface area (Å²) in [5, 5.41) is 0. The lowest BCUT2D eigenvalue weighted by Gasteiger charge is -2.04. The van der Waals surface area contributed by atoms with Gasteiger partial charge in [0.1, 0.15) is 5.75 Å². The lowest BCUT2D eigenvalue weighted by Crippen LogP contribution is -2.07. The summed E-state index contributed by atoms with van der Waals surface area (Å²) >= 11 is 4.82. The fraction of sp³-hybridized carbons (Fsp3) is 0.417. The Bertz CT molecular complexity index is 308. The molecule has 0 radical (unpaired) electrons. The number of aryl methyl sites for hydroxylation is 1. The van der Waals surface area contributed by atoms with Gasteiger partial charge < -0.3 is 10.5 Å². The summed E-state index contributed by atoms with van der Waals surface area (Å²) in [6.45, 7) is 2.69. The van der Waals surface area contributed by atoms with Crippen LogP contribution in [-0.4, -0.2) is 11.6 Å². The standard InChI is InChI=1S/C12H17NOS/c1-2-14-11-8-6-10(7-9-11)4-3-5-12(13)15/h6-9H,2-5H2,1H3,(H2,13,15). The predicted molar refractivity (Wildman–Crippen MR) is 67.3 cm³/mol. The number of benzene rings is 1. The number of rotatable bonds is 6. The third-order valence-electron chi connectivity index (χ3n) is 2.12. The summed E-state index contributed by atoms with van der Waals surface area (Å²) in [5.74, 6) is 0.926. The van der Waals surface area contributed by atoms with Gasteiger partial charge in [0.05, 0.1) is 11.6 Å². The van der Waals surface area contributed by atoms with Gasteiger partial charge in [-0.05, 0) is 43.9 Å². The molecule has 0 heterocycles. The van der Waals surface area contributed by atoms with E-state index in [2.05, 4.69) is 12.1 Å². The highest BCUT2D eigenvalue weighted by Gasteiger charge is 1.96. The minimum Gasteiger partial charge on any atom is -0.494 e. The third kappa shape index (κ3) is 4.79. The molecule has 0 aliphatic rings. The second-order valence-corrected chi connectivity index (χ2v) is 3.92. The molecule has 2 N–H and O–H groups in total. The van der Waals surface area contributed by atoms with Crippen molar-refractivity contribution in [2.24, 2.45) is 5.73 Å². The van der Waals surface area contributed by atoms with Crippen LogP contribution in [0, 0.1) is 0 Å². The molecule has 0 atom stereocenters. The Morgan fingerprint density at radius 3 is 2.53 bits per heavy atom. The molecule has 1 rings (SSSR count). The van der Waals surface area contributed by atoms with Gasteiger partial charge in [0.2, 0.25) is 0 Å². The largest absolute Gasteiger partial charge is 0.494 e. The van der Waals surface area contributed by atoms with E-state index in [1.54, 1.807) is 0 Å². The zero-order chi connectivity index (χ0) is 11.1. The van der Waals surface area contributed by atoms with Gasteiger partial charge in [0.25, 0.3) is 0 Å². The van der Waals surface area contributed by atoms with Gasteiger partial charge in [-0.15, -0.1) is 0 Å². The van der Waals surface area contributed by atoms with Crippen LogP contribution in [-0.2, 0) is 6.42 Å². The molecule has 1 aromatic rings. The highest BCUT2D eigenvalue weighted by Crippen LogP contribution is 2.13. The molecule has 3 heteroatoms. The van der Waals surface area contributed by atoms with Crippen molar-refractivity contribution in [1.82, 2.24) is 0 Å². The van der Waals surface area contributed by atoms with E-state index in [0.29, 0.717) is 11.6 Å². The average molecular weight is 223 g/mol. The van der Waals surface area contributed by atoms with Gasteiger partial charge >= 0.3 is 0 Å². The monoisotopic (exact) mass is 223 g/mol. The zero-order valence-corrected chi connectivity index (χ0v) is 9.85. The highest BCUT2D eigenvalue weighted by molar-refractivity contribution is 7.80. The van der Waals surface area contributed by atoms with E-state index in [1.165, 1.54) is 5.56 Å². The van der Waals surface area contributed by atoms with E-state index in [9.17, 15) is 0 Å². The quantitative estimate of drug-likeness (QED) is 0.753. The maximum atomic E-state index is 5.43. The molecule has 0 fully saturated rings. The Morgan fingerprint density at radius 2 is 2.00 bits per heavy atom. The van der Waals surface area contributed by atoms with Crippen molar-refractivity contribution in [3.63, 3.8) is 0 Å². The Kier molecular flexibility index (Phi) is 5.12. The van der Waals surface area contributed by atoms with Crippen molar-refractivity contribution < 1.29 is 4.74 Å². The molecule has 0 aromatic heterocycles. The number of hydrogen-bond donors (Lipinski definition) is 1. The fourth-order valence-corrected chi connectivity index (χ4v) is 1.53. The van der Waals surface area contributed by atoms with Crippen LogP contribution in [0.1, 0.15) is 25.3 Å². The van der Waals surface area contributed by atoms with Gasteiger partial charge in [-0.3, -0.25) is 0 Å². The van der Waals surface area contributed by atoms with Gasteiger partial charge in [0, 0.05) is 0 Å². The highest BCUT2D eigenvalue weighted by atomic mass is 32.1. The first-order chi connectivity index (χ1) is 7.22. The Labute approximate surface area is 96.4 Å². The smallest absolute Gasteiger partial charge is 0.119 e. The first-order valence-electron chi connectivity index (χ1n) is 5.22. The number of ether oxygens (including phenoxy) is 1. The molecule has 0 aliphatic carbocycles. The molecule has 2 nitrogen and oxygen atoms in total. The maximum absolute atomic E-state index is 5.43. The maximum Gasteiger partial charge on any atom is 0.119 e. The van der Waals surface area contributed by atoms with Crippen LogP contribution < -0.4 is 10.5 Å². The van der Waals surface area contributed by atoms with Crippen LogP contribution in [0.3, 0.4) is 0 Å². The number of nitrogens with two attached hydrogens (primary N) is 1. The van der Waals surface area contributed by atoms with Crippen molar-refractivity contribution in [1.29, 1.82) is 0 Å². The van der Waals surface area contributed by atoms with Crippen molar-refractivity contribution in [2.45, 2.75) is 26.2 Å². The van der Waals surface area contributed by atoms with E-state index in [0.717, 1.165) is 25.0 Å². The number of hydrogen-bond acceptors (Lipinski definition) is 2. The van der Waals surface area contributed by atoms with Crippen LogP contribution in [0.4, 0.5) is 0 Å². The van der Waals surface area contributed by atoms with Crippen molar-refractivity contribution in [2.75, 3.05) is 6.61 Å². The second kappa shape index (κ2) is 6.40. The van der Waals surface area contributed by atoms with Crippen LogP contribution in [0.5, 0.6) is 5.75 Å². The summed E-state index contributed by atoms with van der Waals surface area (Å²) in [6, 6.07) is 8.17. The molecule has 82 valence electrons. The molecule has 0 bridgehead atoms. The lowest BCUT2D eigenvalue weighted by atomic mass is 10.1. The van der Waals surface area contributed by atoms with E-state index in [-0.39, 0.29) is 0 Å². The van der Waals surface area contributed by atoms with Crippen LogP contribution in [0.15, 0.2) is 24.3 Å². The predicted octanol–water partition coefficient (Wildman–Crippen LogP) is 2.69. The van der Waals surface area contributed by atoms with Gasteiger partial charge in [0.15, 0.2) is 0 Å². The summed E-state index contributed by atoms with van der Waals surface area (Å²) in [4.78, 5) is 0.598. The third-order valence-corrected chi connectivity index (χ3v) is 2.33. The summed E-state index contributed by atoms with van der Waals surface area (Å²) in [6.07, 6.45) is 2.86. The van der Waals surface area contributed by atoms with Crippen molar-refractivity contribution in [3.05, 3.63) is 29.8 Å². The van der Waals surface area contributed by atoms with E-state index < -0.39 is 0 Å². The minimum atomic E-state index is 0.598. The summed E-state index contributed by atoms with van der Waals surface area (Å²) in [5.41, 5.74) is 6.73. The molecular weight excluding hydrogens is 206 g/mol. The van der Waals surface area contributed by atoms with Crippen molar-refractivity contribution in [3.8, 4) is 5.75 Å². The molecule has 0 saturated carbocycles. The lowest BCUT2D eigenvalue weighted by molar-refractivity contribution is 0.340. The first kappa shape index (κ1) is 12.0. The van der Waals surface area contributed by atoms with E-state index in [4.69, 9.17) is 22.7 Å². The van der Waals surface area contributed by atoms with Crippen LogP contribution in [0.2, 0.25) is 0 Å². The zero-order valence-electron chi connectivity index (χ0n) is 9.03. The van der Waals surface area contributed by atoms with Crippen molar-refractivity contribution >= 4 is 17.2 Å². The number of thiocarbonyl (C=S) groups is 1. The van der Waals surface area contributed by atoms with Gasteiger partial charge in [-0.1, -0.05) is 24.4 Å². The Hall–Kier alpha value is -1.09. The molecule has 0 amide bonds. The average Bonchev–Trinajstić information content (AvgIpc) is 2.20. The second-order valence-electron chi connectivity index (χ2n) is 3.40. The summed E-state index contributed by atoms with van der Waals surface area (Å²) < 4.78 is 5.36.